The van der Waals surface area contributed by atoms with Crippen molar-refractivity contribution in [2.75, 3.05) is 24.2 Å². The molecule has 2 amide bonds. The molecule has 0 bridgehead atoms. The molecule has 0 spiro atoms. The Hall–Kier alpha value is -4.59. The van der Waals surface area contributed by atoms with Gasteiger partial charge < -0.3 is 15.5 Å². The summed E-state index contributed by atoms with van der Waals surface area (Å²) < 4.78 is 42.5. The summed E-state index contributed by atoms with van der Waals surface area (Å²) in [5, 5.41) is 14.0. The van der Waals surface area contributed by atoms with E-state index < -0.39 is 17.6 Å². The number of alkyl halides is 3. The van der Waals surface area contributed by atoms with E-state index >= 15 is 0 Å². The summed E-state index contributed by atoms with van der Waals surface area (Å²) in [6.07, 6.45) is 0.167. The molecule has 0 aliphatic carbocycles. The number of aryl methyl sites for hydroxylation is 1. The molecule has 1 aliphatic rings. The fourth-order valence-corrected chi connectivity index (χ4v) is 5.10. The fraction of sp³-hybridized carbons (Fsp3) is 0.259. The van der Waals surface area contributed by atoms with Gasteiger partial charge >= 0.3 is 6.18 Å². The molecular weight excluding hydrogens is 557 g/mol. The molecule has 41 heavy (non-hydrogen) atoms. The second-order valence-corrected chi connectivity index (χ2v) is 10.6. The predicted octanol–water partition coefficient (Wildman–Crippen LogP) is 5.68. The maximum atomic E-state index is 13.7. The van der Waals surface area contributed by atoms with Crippen molar-refractivity contribution >= 4 is 45.5 Å². The Morgan fingerprint density at radius 1 is 1.12 bits per heavy atom. The number of aliphatic imine (C=N–C) groups is 1. The van der Waals surface area contributed by atoms with Crippen LogP contribution in [-0.4, -0.2) is 56.1 Å². The predicted molar refractivity (Wildman–Crippen MR) is 150 cm³/mol. The lowest BCUT2D eigenvalue weighted by atomic mass is 10.1. The largest absolute Gasteiger partial charge is 0.416 e. The normalized spacial score (nSPS) is 14.5. The highest BCUT2D eigenvalue weighted by Crippen LogP contribution is 2.35. The van der Waals surface area contributed by atoms with Gasteiger partial charge in [0, 0.05) is 44.4 Å². The van der Waals surface area contributed by atoms with Crippen LogP contribution in [0.1, 0.15) is 41.3 Å². The van der Waals surface area contributed by atoms with Gasteiger partial charge in [-0.2, -0.15) is 13.2 Å². The van der Waals surface area contributed by atoms with Crippen LogP contribution in [0.15, 0.2) is 53.8 Å². The van der Waals surface area contributed by atoms with Crippen LogP contribution in [0.4, 0.5) is 29.7 Å². The van der Waals surface area contributed by atoms with Gasteiger partial charge in [0.1, 0.15) is 11.5 Å². The maximum Gasteiger partial charge on any atom is 0.416 e. The zero-order valence-electron chi connectivity index (χ0n) is 22.3. The van der Waals surface area contributed by atoms with Crippen molar-refractivity contribution in [2.45, 2.75) is 32.9 Å². The molecule has 0 atom stereocenters. The number of halogens is 3. The minimum atomic E-state index is -4.61. The lowest BCUT2D eigenvalue weighted by Crippen LogP contribution is -2.18. The Kier molecular flexibility index (Phi) is 7.58. The van der Waals surface area contributed by atoms with Crippen LogP contribution in [0, 0.1) is 6.92 Å². The highest BCUT2D eigenvalue weighted by molar-refractivity contribution is 7.19. The van der Waals surface area contributed by atoms with E-state index in [-0.39, 0.29) is 22.8 Å². The Labute approximate surface area is 236 Å². The van der Waals surface area contributed by atoms with Gasteiger partial charge in [-0.1, -0.05) is 22.6 Å². The van der Waals surface area contributed by atoms with Crippen molar-refractivity contribution in [2.24, 2.45) is 4.99 Å². The van der Waals surface area contributed by atoms with Crippen LogP contribution in [0.3, 0.4) is 0 Å². The summed E-state index contributed by atoms with van der Waals surface area (Å²) in [7, 11) is 1.84. The van der Waals surface area contributed by atoms with Crippen molar-refractivity contribution in [3.8, 4) is 16.3 Å². The number of nitrogens with one attached hydrogen (secondary N) is 2. The van der Waals surface area contributed by atoms with E-state index in [1.165, 1.54) is 29.0 Å². The highest BCUT2D eigenvalue weighted by atomic mass is 32.1. The maximum absolute atomic E-state index is 13.7. The lowest BCUT2D eigenvalue weighted by molar-refractivity contribution is -0.137. The number of nitrogens with zero attached hydrogens (tertiary/aromatic N) is 6. The monoisotopic (exact) mass is 582 g/mol. The summed E-state index contributed by atoms with van der Waals surface area (Å²) in [5.74, 6) is -0.136. The number of hydrogen-bond acceptors (Lipinski definition) is 7. The number of carbonyl (C=O) groups excluding carboxylic acids is 2. The van der Waals surface area contributed by atoms with Crippen LogP contribution in [0.2, 0.25) is 0 Å². The molecule has 0 radical (unpaired) electrons. The smallest absolute Gasteiger partial charge is 0.363 e. The number of benzene rings is 2. The minimum absolute atomic E-state index is 0.0184. The van der Waals surface area contributed by atoms with Gasteiger partial charge in [0.05, 0.1) is 28.0 Å². The van der Waals surface area contributed by atoms with Crippen LogP contribution >= 0.6 is 11.3 Å². The van der Waals surface area contributed by atoms with E-state index in [4.69, 9.17) is 0 Å². The van der Waals surface area contributed by atoms with Gasteiger partial charge in [0.2, 0.25) is 5.91 Å². The van der Waals surface area contributed by atoms with E-state index in [1.54, 1.807) is 30.6 Å². The molecule has 2 aromatic heterocycles. The van der Waals surface area contributed by atoms with Crippen LogP contribution in [0.25, 0.3) is 16.3 Å². The summed E-state index contributed by atoms with van der Waals surface area (Å²) in [5.41, 5.74) is 1.27. The zero-order valence-corrected chi connectivity index (χ0v) is 23.1. The van der Waals surface area contributed by atoms with Crippen LogP contribution in [-0.2, 0) is 11.0 Å². The zero-order chi connectivity index (χ0) is 29.3. The van der Waals surface area contributed by atoms with Gasteiger partial charge in [-0.15, -0.1) is 5.10 Å². The summed E-state index contributed by atoms with van der Waals surface area (Å²) in [6, 6.07) is 8.17. The number of hydrogen-bond donors (Lipinski definition) is 2. The number of anilines is 2. The molecule has 3 heterocycles. The van der Waals surface area contributed by atoms with Gasteiger partial charge in [-0.25, -0.2) is 14.7 Å². The minimum Gasteiger partial charge on any atom is -0.363 e. The molecule has 1 aliphatic heterocycles. The van der Waals surface area contributed by atoms with Crippen molar-refractivity contribution in [1.82, 2.24) is 24.9 Å². The molecule has 2 aromatic carbocycles. The molecule has 0 saturated carbocycles. The third kappa shape index (κ3) is 6.43. The van der Waals surface area contributed by atoms with Crippen LogP contribution < -0.4 is 10.6 Å². The topological polar surface area (TPSA) is 117 Å². The Morgan fingerprint density at radius 2 is 1.93 bits per heavy atom. The average Bonchev–Trinajstić information content (AvgIpc) is 3.65. The highest BCUT2D eigenvalue weighted by Gasteiger charge is 2.31. The molecule has 2 N–H and O–H groups in total. The lowest BCUT2D eigenvalue weighted by Gasteiger charge is -2.14. The van der Waals surface area contributed by atoms with Crippen molar-refractivity contribution in [3.05, 3.63) is 65.5 Å². The molecule has 1 saturated heterocycles. The van der Waals surface area contributed by atoms with E-state index in [0.717, 1.165) is 30.7 Å². The van der Waals surface area contributed by atoms with Gasteiger partial charge in [0.25, 0.3) is 5.91 Å². The van der Waals surface area contributed by atoms with Crippen molar-refractivity contribution in [1.29, 1.82) is 0 Å². The Morgan fingerprint density at radius 3 is 2.63 bits per heavy atom. The first-order valence-corrected chi connectivity index (χ1v) is 13.4. The van der Waals surface area contributed by atoms with Gasteiger partial charge in [-0.05, 0) is 49.2 Å². The van der Waals surface area contributed by atoms with E-state index in [1.807, 2.05) is 18.9 Å². The van der Waals surface area contributed by atoms with Crippen molar-refractivity contribution < 1.29 is 22.8 Å². The third-order valence-electron chi connectivity index (χ3n) is 6.35. The molecule has 10 nitrogen and oxygen atoms in total. The second kappa shape index (κ2) is 11.1. The summed E-state index contributed by atoms with van der Waals surface area (Å²) >= 11 is 1.24. The van der Waals surface area contributed by atoms with E-state index in [2.05, 4.69) is 30.9 Å². The molecule has 1 fully saturated rings. The number of aromatic nitrogens is 4. The SMILES string of the molecule is CC(=O)Nc1ncc(-c2cn(-c3cc(C(=O)Nc4cc(/N=C5\CCCN5C)cc(C(F)(F)F)c4)ccc3C)nn2)s1. The number of likely N-dealkylation sites (tertiary alicyclic amines) is 1. The van der Waals surface area contributed by atoms with Crippen molar-refractivity contribution in [3.63, 3.8) is 0 Å². The molecule has 5 rings (SSSR count). The number of amides is 2. The van der Waals surface area contributed by atoms with Gasteiger partial charge in [0.15, 0.2) is 5.13 Å². The summed E-state index contributed by atoms with van der Waals surface area (Å²) in [4.78, 5) is 35.6. The molecule has 14 heteroatoms. The molecule has 4 aromatic rings. The Bertz CT molecular complexity index is 1660. The third-order valence-corrected chi connectivity index (χ3v) is 7.28. The fourth-order valence-electron chi connectivity index (χ4n) is 4.29. The first kappa shape index (κ1) is 28.0. The second-order valence-electron chi connectivity index (χ2n) is 9.53. The number of thiazole rings is 1. The van der Waals surface area contributed by atoms with E-state index in [0.29, 0.717) is 33.6 Å². The Balaban J connectivity index is 1.40. The quantitative estimate of drug-likeness (QED) is 0.302. The number of carbonyl (C=O) groups is 2. The first-order valence-electron chi connectivity index (χ1n) is 12.6. The average molecular weight is 583 g/mol. The number of amidine groups is 1. The molecule has 0 unspecified atom stereocenters. The first-order chi connectivity index (χ1) is 19.5. The summed E-state index contributed by atoms with van der Waals surface area (Å²) in [6.45, 7) is 4.00. The molecule has 212 valence electrons. The number of rotatable bonds is 6. The van der Waals surface area contributed by atoms with Gasteiger partial charge in [-0.3, -0.25) is 9.59 Å². The van der Waals surface area contributed by atoms with E-state index in [9.17, 15) is 22.8 Å². The standard InChI is InChI=1S/C27H25F3N8O2S/c1-15-6-7-17(9-22(15)38-14-21(35-36-38)23-13-31-26(41-23)32-16(2)39)25(40)34-20-11-18(27(28,29)30)10-19(12-20)33-24-5-4-8-37(24)3/h6-7,9-14H,4-5,8H2,1-3H3,(H,34,40)(H,31,32,39)/b33-24+. The molecular formula is C27H25F3N8O2S. The van der Waals surface area contributed by atoms with Crippen LogP contribution in [0.5, 0.6) is 0 Å².